The predicted molar refractivity (Wildman–Crippen MR) is 71.8 cm³/mol. The number of likely N-dealkylation sites (tertiary alicyclic amines) is 1. The summed E-state index contributed by atoms with van der Waals surface area (Å²) < 4.78 is 5.43. The number of hydrogen-bond donors (Lipinski definition) is 2. The lowest BCUT2D eigenvalue weighted by atomic mass is 9.99. The third-order valence-electron chi connectivity index (χ3n) is 3.64. The van der Waals surface area contributed by atoms with Crippen LogP contribution in [0.15, 0.2) is 10.5 Å². The van der Waals surface area contributed by atoms with Crippen LogP contribution in [0.5, 0.6) is 0 Å². The minimum Gasteiger partial charge on any atom is -0.466 e. The van der Waals surface area contributed by atoms with Crippen LogP contribution in [0.1, 0.15) is 29.9 Å². The number of piperidine rings is 1. The van der Waals surface area contributed by atoms with Crippen molar-refractivity contribution >= 4 is 6.03 Å². The van der Waals surface area contributed by atoms with Gasteiger partial charge in [0.2, 0.25) is 0 Å². The Hall–Kier alpha value is -1.49. The van der Waals surface area contributed by atoms with Gasteiger partial charge in [0.15, 0.2) is 0 Å². The molecule has 1 aromatic heterocycles. The molecule has 0 saturated carbocycles. The highest BCUT2D eigenvalue weighted by Crippen LogP contribution is 2.16. The first-order valence-electron chi connectivity index (χ1n) is 6.79. The molecule has 0 bridgehead atoms. The van der Waals surface area contributed by atoms with Crippen molar-refractivity contribution in [3.05, 3.63) is 23.2 Å². The van der Waals surface area contributed by atoms with Gasteiger partial charge in [0, 0.05) is 31.8 Å². The summed E-state index contributed by atoms with van der Waals surface area (Å²) in [6.45, 7) is 5.86. The average Bonchev–Trinajstić information content (AvgIpc) is 2.74. The quantitative estimate of drug-likeness (QED) is 0.877. The van der Waals surface area contributed by atoms with Crippen molar-refractivity contribution in [3.63, 3.8) is 0 Å². The molecule has 2 rings (SSSR count). The number of carbonyl (C=O) groups is 1. The molecular formula is C14H22N2O3. The topological polar surface area (TPSA) is 65.7 Å². The number of rotatable bonds is 3. The summed E-state index contributed by atoms with van der Waals surface area (Å²) in [6, 6.07) is 1.89. The molecule has 0 aromatic carbocycles. The molecule has 1 atom stereocenters. The Labute approximate surface area is 113 Å². The second-order valence-corrected chi connectivity index (χ2v) is 5.23. The van der Waals surface area contributed by atoms with Gasteiger partial charge >= 0.3 is 6.03 Å². The first kappa shape index (κ1) is 13.9. The number of carbonyl (C=O) groups excluding carboxylic acids is 1. The standard InChI is InChI=1S/C14H22N2O3/c1-10-6-13(11(2)19-10)7-15-14(18)16-5-3-4-12(8-16)9-17/h6,12,17H,3-5,7-9H2,1-2H3,(H,15,18). The van der Waals surface area contributed by atoms with E-state index in [0.29, 0.717) is 13.1 Å². The van der Waals surface area contributed by atoms with E-state index in [1.165, 1.54) is 0 Å². The molecule has 1 fully saturated rings. The smallest absolute Gasteiger partial charge is 0.317 e. The van der Waals surface area contributed by atoms with Crippen molar-refractivity contribution in [2.45, 2.75) is 33.2 Å². The normalized spacial score (nSPS) is 19.5. The summed E-state index contributed by atoms with van der Waals surface area (Å²) in [5.74, 6) is 1.93. The first-order valence-corrected chi connectivity index (χ1v) is 6.79. The SMILES string of the molecule is Cc1cc(CNC(=O)N2CCCC(CO)C2)c(C)o1. The molecule has 0 spiro atoms. The van der Waals surface area contributed by atoms with Crippen LogP contribution < -0.4 is 5.32 Å². The van der Waals surface area contributed by atoms with Gasteiger partial charge < -0.3 is 19.7 Å². The Morgan fingerprint density at radius 2 is 2.37 bits per heavy atom. The molecule has 5 nitrogen and oxygen atoms in total. The first-order chi connectivity index (χ1) is 9.10. The summed E-state index contributed by atoms with van der Waals surface area (Å²) in [5.41, 5.74) is 1.02. The van der Waals surface area contributed by atoms with E-state index in [4.69, 9.17) is 9.52 Å². The molecule has 106 valence electrons. The van der Waals surface area contributed by atoms with Crippen molar-refractivity contribution < 1.29 is 14.3 Å². The Balaban J connectivity index is 1.85. The molecule has 1 saturated heterocycles. The van der Waals surface area contributed by atoms with Crippen LogP contribution in [-0.4, -0.2) is 35.7 Å². The molecule has 2 amide bonds. The number of amides is 2. The number of aliphatic hydroxyl groups is 1. The van der Waals surface area contributed by atoms with Gasteiger partial charge in [-0.25, -0.2) is 4.79 Å². The molecule has 5 heteroatoms. The fraction of sp³-hybridized carbons (Fsp3) is 0.643. The Kier molecular flexibility index (Phi) is 4.47. The molecule has 1 aliphatic rings. The van der Waals surface area contributed by atoms with Crippen molar-refractivity contribution in [2.75, 3.05) is 19.7 Å². The van der Waals surface area contributed by atoms with Crippen LogP contribution in [-0.2, 0) is 6.54 Å². The van der Waals surface area contributed by atoms with Gasteiger partial charge in [-0.15, -0.1) is 0 Å². The van der Waals surface area contributed by atoms with Gasteiger partial charge in [-0.2, -0.15) is 0 Å². The van der Waals surface area contributed by atoms with Crippen LogP contribution in [0.2, 0.25) is 0 Å². The van der Waals surface area contributed by atoms with Crippen LogP contribution >= 0.6 is 0 Å². The lowest BCUT2D eigenvalue weighted by Gasteiger charge is -2.31. The second kappa shape index (κ2) is 6.10. The number of aryl methyl sites for hydroxylation is 2. The second-order valence-electron chi connectivity index (χ2n) is 5.23. The van der Waals surface area contributed by atoms with Crippen molar-refractivity contribution in [1.29, 1.82) is 0 Å². The average molecular weight is 266 g/mol. The van der Waals surface area contributed by atoms with Gasteiger partial charge in [-0.3, -0.25) is 0 Å². The van der Waals surface area contributed by atoms with Crippen molar-refractivity contribution in [2.24, 2.45) is 5.92 Å². The fourth-order valence-electron chi connectivity index (χ4n) is 2.54. The summed E-state index contributed by atoms with van der Waals surface area (Å²) in [4.78, 5) is 13.8. The Morgan fingerprint density at radius 1 is 1.58 bits per heavy atom. The molecule has 2 heterocycles. The summed E-state index contributed by atoms with van der Waals surface area (Å²) >= 11 is 0. The Morgan fingerprint density at radius 3 is 3.00 bits per heavy atom. The van der Waals surface area contributed by atoms with Gasteiger partial charge in [0.05, 0.1) is 0 Å². The van der Waals surface area contributed by atoms with Gasteiger partial charge in [-0.05, 0) is 38.7 Å². The molecule has 2 N–H and O–H groups in total. The molecule has 0 radical (unpaired) electrons. The van der Waals surface area contributed by atoms with Gasteiger partial charge in [0.25, 0.3) is 0 Å². The van der Waals surface area contributed by atoms with E-state index < -0.39 is 0 Å². The molecular weight excluding hydrogens is 244 g/mol. The minimum absolute atomic E-state index is 0.0589. The van der Waals surface area contributed by atoms with E-state index in [9.17, 15) is 4.79 Å². The molecule has 1 aliphatic heterocycles. The lowest BCUT2D eigenvalue weighted by molar-refractivity contribution is 0.129. The maximum Gasteiger partial charge on any atom is 0.317 e. The molecule has 19 heavy (non-hydrogen) atoms. The summed E-state index contributed by atoms with van der Waals surface area (Å²) in [7, 11) is 0. The number of nitrogens with one attached hydrogen (secondary N) is 1. The third kappa shape index (κ3) is 3.50. The lowest BCUT2D eigenvalue weighted by Crippen LogP contribution is -2.45. The molecule has 1 aromatic rings. The zero-order chi connectivity index (χ0) is 13.8. The van der Waals surface area contributed by atoms with E-state index in [-0.39, 0.29) is 18.6 Å². The van der Waals surface area contributed by atoms with Crippen LogP contribution in [0, 0.1) is 19.8 Å². The number of urea groups is 1. The minimum atomic E-state index is -0.0589. The van der Waals surface area contributed by atoms with E-state index in [2.05, 4.69) is 5.32 Å². The van der Waals surface area contributed by atoms with Gasteiger partial charge in [0.1, 0.15) is 11.5 Å². The van der Waals surface area contributed by atoms with E-state index in [1.807, 2.05) is 19.9 Å². The van der Waals surface area contributed by atoms with E-state index in [1.54, 1.807) is 4.90 Å². The van der Waals surface area contributed by atoms with E-state index in [0.717, 1.165) is 36.5 Å². The van der Waals surface area contributed by atoms with Crippen LogP contribution in [0.3, 0.4) is 0 Å². The largest absolute Gasteiger partial charge is 0.466 e. The highest BCUT2D eigenvalue weighted by atomic mass is 16.3. The molecule has 1 unspecified atom stereocenters. The van der Waals surface area contributed by atoms with Gasteiger partial charge in [-0.1, -0.05) is 0 Å². The summed E-state index contributed by atoms with van der Waals surface area (Å²) in [5, 5.41) is 12.1. The number of nitrogens with zero attached hydrogens (tertiary/aromatic N) is 1. The van der Waals surface area contributed by atoms with Crippen molar-refractivity contribution in [1.82, 2.24) is 10.2 Å². The monoisotopic (exact) mass is 266 g/mol. The van der Waals surface area contributed by atoms with E-state index >= 15 is 0 Å². The predicted octanol–water partition coefficient (Wildman–Crippen LogP) is 1.81. The zero-order valence-electron chi connectivity index (χ0n) is 11.6. The fourth-order valence-corrected chi connectivity index (χ4v) is 2.54. The number of furan rings is 1. The highest BCUT2D eigenvalue weighted by Gasteiger charge is 2.23. The molecule has 0 aliphatic carbocycles. The maximum absolute atomic E-state index is 12.1. The maximum atomic E-state index is 12.1. The third-order valence-corrected chi connectivity index (χ3v) is 3.64. The van der Waals surface area contributed by atoms with Crippen molar-refractivity contribution in [3.8, 4) is 0 Å². The highest BCUT2D eigenvalue weighted by molar-refractivity contribution is 5.74. The number of aliphatic hydroxyl groups excluding tert-OH is 1. The summed E-state index contributed by atoms with van der Waals surface area (Å²) in [6.07, 6.45) is 1.96. The zero-order valence-corrected chi connectivity index (χ0v) is 11.6. The Bertz CT molecular complexity index is 442. The van der Waals surface area contributed by atoms with Crippen LogP contribution in [0.25, 0.3) is 0 Å². The van der Waals surface area contributed by atoms with Crippen LogP contribution in [0.4, 0.5) is 4.79 Å². The number of hydrogen-bond acceptors (Lipinski definition) is 3.